The number of hydrogen-bond acceptors (Lipinski definition) is 5. The molecule has 8 heteroatoms. The Morgan fingerprint density at radius 2 is 2.04 bits per heavy atom. The van der Waals surface area contributed by atoms with Crippen LogP contribution in [0.1, 0.15) is 5.56 Å². The number of carboxylic acid groups (broad SMARTS) is 1. The van der Waals surface area contributed by atoms with Gasteiger partial charge in [0.15, 0.2) is 0 Å². The predicted octanol–water partition coefficient (Wildman–Crippen LogP) is 4.63. The molecule has 0 spiro atoms. The number of rotatable bonds is 4. The van der Waals surface area contributed by atoms with E-state index in [0.717, 1.165) is 16.3 Å². The van der Waals surface area contributed by atoms with Crippen molar-refractivity contribution in [3.8, 4) is 27.9 Å². The summed E-state index contributed by atoms with van der Waals surface area (Å²) in [6, 6.07) is 9.06. The first kappa shape index (κ1) is 16.4. The number of ether oxygens (including phenoxy) is 2. The summed E-state index contributed by atoms with van der Waals surface area (Å²) in [5.74, 6) is 0.753. The van der Waals surface area contributed by atoms with Crippen LogP contribution in [0.3, 0.4) is 0 Å². The molecule has 0 saturated heterocycles. The van der Waals surface area contributed by atoms with Gasteiger partial charge in [-0.2, -0.15) is 0 Å². The molecule has 0 aliphatic carbocycles. The number of nitrogens with zero attached hydrogens (tertiary/aromatic N) is 2. The van der Waals surface area contributed by atoms with Gasteiger partial charge in [0.1, 0.15) is 5.75 Å². The van der Waals surface area contributed by atoms with Gasteiger partial charge in [-0.3, -0.25) is 0 Å². The third-order valence-electron chi connectivity index (χ3n) is 3.38. The van der Waals surface area contributed by atoms with E-state index < -0.39 is 6.16 Å². The molecular weight excluding hydrogens is 352 g/mol. The van der Waals surface area contributed by atoms with Gasteiger partial charge in [0.2, 0.25) is 5.88 Å². The normalized spacial score (nSPS) is 10.6. The van der Waals surface area contributed by atoms with Crippen molar-refractivity contribution in [1.82, 2.24) is 9.78 Å². The molecule has 24 heavy (non-hydrogen) atoms. The summed E-state index contributed by atoms with van der Waals surface area (Å²) >= 11 is 7.48. The second-order valence-corrected chi connectivity index (χ2v) is 6.23. The minimum absolute atomic E-state index is 0.0397. The van der Waals surface area contributed by atoms with E-state index in [1.807, 2.05) is 12.1 Å². The molecule has 0 saturated carbocycles. The summed E-state index contributed by atoms with van der Waals surface area (Å²) in [4.78, 5) is 11.8. The summed E-state index contributed by atoms with van der Waals surface area (Å²) in [5.41, 5.74) is 2.10. The smallest absolute Gasteiger partial charge is 0.497 e. The molecule has 2 aromatic heterocycles. The van der Waals surface area contributed by atoms with Crippen molar-refractivity contribution in [1.29, 1.82) is 0 Å². The zero-order chi connectivity index (χ0) is 17.3. The third kappa shape index (κ3) is 3.08. The van der Waals surface area contributed by atoms with Crippen LogP contribution in [0, 0.1) is 6.92 Å². The first-order chi connectivity index (χ1) is 11.5. The van der Waals surface area contributed by atoms with Crippen LogP contribution in [-0.4, -0.2) is 28.2 Å². The summed E-state index contributed by atoms with van der Waals surface area (Å²) < 4.78 is 11.6. The molecule has 3 aromatic rings. The average Bonchev–Trinajstić information content (AvgIpc) is 3.11. The molecular formula is C16H13ClN2O4S. The van der Waals surface area contributed by atoms with Gasteiger partial charge in [-0.15, -0.1) is 16.4 Å². The van der Waals surface area contributed by atoms with E-state index in [0.29, 0.717) is 16.3 Å². The number of thiophene rings is 1. The Labute approximate surface area is 146 Å². The van der Waals surface area contributed by atoms with Crippen molar-refractivity contribution in [3.63, 3.8) is 0 Å². The van der Waals surface area contributed by atoms with Crippen LogP contribution >= 0.6 is 22.9 Å². The highest BCUT2D eigenvalue weighted by atomic mass is 35.5. The van der Waals surface area contributed by atoms with Gasteiger partial charge in [-0.1, -0.05) is 11.6 Å². The van der Waals surface area contributed by atoms with Crippen LogP contribution in [0.2, 0.25) is 5.02 Å². The number of hydrogen-bond donors (Lipinski definition) is 1. The van der Waals surface area contributed by atoms with Crippen molar-refractivity contribution in [2.75, 3.05) is 7.11 Å². The van der Waals surface area contributed by atoms with E-state index >= 15 is 0 Å². The quantitative estimate of drug-likeness (QED) is 0.683. The molecule has 0 aliphatic heterocycles. The molecule has 0 aliphatic rings. The summed E-state index contributed by atoms with van der Waals surface area (Å²) in [6.07, 6.45) is -1.41. The van der Waals surface area contributed by atoms with Crippen molar-refractivity contribution < 1.29 is 19.4 Å². The summed E-state index contributed by atoms with van der Waals surface area (Å²) in [6.45, 7) is 1.76. The van der Waals surface area contributed by atoms with Crippen molar-refractivity contribution >= 4 is 29.1 Å². The van der Waals surface area contributed by atoms with Gasteiger partial charge in [-0.05, 0) is 37.3 Å². The maximum Gasteiger partial charge on any atom is 0.512 e. The van der Waals surface area contributed by atoms with Gasteiger partial charge >= 0.3 is 6.16 Å². The second-order valence-electron chi connectivity index (χ2n) is 4.89. The number of carbonyl (C=O) groups is 1. The van der Waals surface area contributed by atoms with E-state index in [-0.39, 0.29) is 5.88 Å². The lowest BCUT2D eigenvalue weighted by Crippen LogP contribution is -2.05. The standard InChI is InChI=1S/C16H13ClN2O4S/c1-9-14(13-7-10(17)8-24-13)19(18-15(9)23-16(20)21)11-3-5-12(22-2)6-4-11/h3-8H,1-2H3,(H,20,21). The van der Waals surface area contributed by atoms with Crippen LogP contribution in [0.4, 0.5) is 4.79 Å². The van der Waals surface area contributed by atoms with Gasteiger partial charge in [0.05, 0.1) is 28.4 Å². The number of benzene rings is 1. The van der Waals surface area contributed by atoms with Crippen LogP contribution in [0.5, 0.6) is 11.6 Å². The fourth-order valence-corrected chi connectivity index (χ4v) is 3.45. The van der Waals surface area contributed by atoms with E-state index in [1.165, 1.54) is 11.3 Å². The Balaban J connectivity index is 2.17. The monoisotopic (exact) mass is 364 g/mol. The molecule has 0 radical (unpaired) electrons. The fourth-order valence-electron chi connectivity index (χ4n) is 2.29. The van der Waals surface area contributed by atoms with Gasteiger partial charge in [0.25, 0.3) is 0 Å². The van der Waals surface area contributed by atoms with Gasteiger partial charge in [-0.25, -0.2) is 9.48 Å². The fraction of sp³-hybridized carbons (Fsp3) is 0.125. The van der Waals surface area contributed by atoms with Gasteiger partial charge < -0.3 is 14.6 Å². The Bertz CT molecular complexity index is 886. The zero-order valence-electron chi connectivity index (χ0n) is 12.8. The first-order valence-corrected chi connectivity index (χ1v) is 8.14. The van der Waals surface area contributed by atoms with Crippen molar-refractivity contribution in [3.05, 3.63) is 46.3 Å². The van der Waals surface area contributed by atoms with Gasteiger partial charge in [0, 0.05) is 10.9 Å². The lowest BCUT2D eigenvalue weighted by molar-refractivity contribution is 0.142. The minimum atomic E-state index is -1.41. The lowest BCUT2D eigenvalue weighted by Gasteiger charge is -2.07. The molecule has 0 bridgehead atoms. The number of aromatic nitrogens is 2. The second kappa shape index (κ2) is 6.54. The molecule has 0 atom stereocenters. The maximum absolute atomic E-state index is 10.9. The Kier molecular flexibility index (Phi) is 4.46. The number of methoxy groups -OCH3 is 1. The number of halogens is 1. The zero-order valence-corrected chi connectivity index (χ0v) is 14.4. The highest BCUT2D eigenvalue weighted by Crippen LogP contribution is 2.37. The van der Waals surface area contributed by atoms with Crippen LogP contribution in [-0.2, 0) is 0 Å². The van der Waals surface area contributed by atoms with E-state index in [9.17, 15) is 4.79 Å². The summed E-state index contributed by atoms with van der Waals surface area (Å²) in [5, 5.41) is 15.6. The van der Waals surface area contributed by atoms with Crippen LogP contribution < -0.4 is 9.47 Å². The topological polar surface area (TPSA) is 73.6 Å². The third-order valence-corrected chi connectivity index (χ3v) is 4.66. The SMILES string of the molecule is COc1ccc(-n2nc(OC(=O)O)c(C)c2-c2cc(Cl)cs2)cc1. The highest BCUT2D eigenvalue weighted by Gasteiger charge is 2.21. The molecule has 0 fully saturated rings. The lowest BCUT2D eigenvalue weighted by atomic mass is 10.2. The molecule has 6 nitrogen and oxygen atoms in total. The molecule has 3 rings (SSSR count). The summed E-state index contributed by atoms with van der Waals surface area (Å²) in [7, 11) is 1.59. The van der Waals surface area contributed by atoms with E-state index in [4.69, 9.17) is 26.2 Å². The Hall–Kier alpha value is -2.51. The predicted molar refractivity (Wildman–Crippen MR) is 91.8 cm³/mol. The first-order valence-electron chi connectivity index (χ1n) is 6.89. The van der Waals surface area contributed by atoms with Crippen LogP contribution in [0.15, 0.2) is 35.7 Å². The van der Waals surface area contributed by atoms with Crippen molar-refractivity contribution in [2.24, 2.45) is 0 Å². The average molecular weight is 365 g/mol. The molecule has 124 valence electrons. The maximum atomic E-state index is 10.9. The molecule has 1 aromatic carbocycles. The Morgan fingerprint density at radius 3 is 2.58 bits per heavy atom. The van der Waals surface area contributed by atoms with Crippen LogP contribution in [0.25, 0.3) is 16.3 Å². The highest BCUT2D eigenvalue weighted by molar-refractivity contribution is 7.14. The van der Waals surface area contributed by atoms with Crippen molar-refractivity contribution in [2.45, 2.75) is 6.92 Å². The molecule has 2 heterocycles. The molecule has 1 N–H and O–H groups in total. The minimum Gasteiger partial charge on any atom is -0.497 e. The Morgan fingerprint density at radius 1 is 1.33 bits per heavy atom. The van der Waals surface area contributed by atoms with E-state index in [2.05, 4.69) is 5.10 Å². The molecule has 0 unspecified atom stereocenters. The largest absolute Gasteiger partial charge is 0.512 e. The van der Waals surface area contributed by atoms with E-state index in [1.54, 1.807) is 42.3 Å². The molecule has 0 amide bonds.